The Kier molecular flexibility index (Phi) is 4.97. The fourth-order valence-corrected chi connectivity index (χ4v) is 2.48. The summed E-state index contributed by atoms with van der Waals surface area (Å²) in [6.45, 7) is 13.1. The summed E-state index contributed by atoms with van der Waals surface area (Å²) in [6, 6.07) is 10.8. The Bertz CT molecular complexity index is 364. The molecule has 2 heteroatoms. The zero-order chi connectivity index (χ0) is 12.8. The second-order valence-electron chi connectivity index (χ2n) is 5.31. The van der Waals surface area contributed by atoms with E-state index >= 15 is 0 Å². The van der Waals surface area contributed by atoms with Crippen LogP contribution in [0.15, 0.2) is 42.5 Å². The second kappa shape index (κ2) is 6.72. The van der Waals surface area contributed by atoms with E-state index in [9.17, 15) is 0 Å². The number of hydrogen-bond acceptors (Lipinski definition) is 2. The van der Waals surface area contributed by atoms with E-state index in [1.165, 1.54) is 50.3 Å². The van der Waals surface area contributed by atoms with Crippen LogP contribution in [-0.4, -0.2) is 49.1 Å². The van der Waals surface area contributed by atoms with Crippen LogP contribution in [0.5, 0.6) is 0 Å². The Morgan fingerprint density at radius 2 is 1.67 bits per heavy atom. The molecule has 0 N–H and O–H groups in total. The smallest absolute Gasteiger partial charge is 0.0188 e. The van der Waals surface area contributed by atoms with Crippen molar-refractivity contribution < 1.29 is 0 Å². The number of piperazine rings is 1. The van der Waals surface area contributed by atoms with Crippen molar-refractivity contribution in [3.63, 3.8) is 0 Å². The first-order valence-corrected chi connectivity index (χ1v) is 6.87. The van der Waals surface area contributed by atoms with Crippen molar-refractivity contribution in [1.29, 1.82) is 0 Å². The molecule has 0 spiro atoms. The van der Waals surface area contributed by atoms with Crippen LogP contribution in [-0.2, 0) is 6.42 Å². The molecule has 1 fully saturated rings. The largest absolute Gasteiger partial charge is 0.300 e. The minimum Gasteiger partial charge on any atom is -0.300 e. The molecule has 1 aromatic carbocycles. The Balaban J connectivity index is 1.69. The number of hydrogen-bond donors (Lipinski definition) is 0. The molecule has 1 aliphatic rings. The third kappa shape index (κ3) is 4.28. The van der Waals surface area contributed by atoms with Crippen LogP contribution in [0, 0.1) is 0 Å². The molecular weight excluding hydrogens is 220 g/mol. The first-order chi connectivity index (χ1) is 8.74. The maximum absolute atomic E-state index is 3.99. The molecule has 98 valence electrons. The Hall–Kier alpha value is -1.12. The molecule has 0 atom stereocenters. The van der Waals surface area contributed by atoms with Gasteiger partial charge in [0.25, 0.3) is 0 Å². The summed E-state index contributed by atoms with van der Waals surface area (Å²) in [6.07, 6.45) is 1.17. The SMILES string of the molecule is C=C(C)CN1CCN(CCc2ccccc2)CC1. The molecule has 1 aliphatic heterocycles. The van der Waals surface area contributed by atoms with Crippen molar-refractivity contribution >= 4 is 0 Å². The highest BCUT2D eigenvalue weighted by Gasteiger charge is 2.15. The molecule has 0 radical (unpaired) electrons. The van der Waals surface area contributed by atoms with Gasteiger partial charge in [0.2, 0.25) is 0 Å². The number of nitrogens with zero attached hydrogens (tertiary/aromatic N) is 2. The third-order valence-electron chi connectivity index (χ3n) is 3.52. The monoisotopic (exact) mass is 244 g/mol. The van der Waals surface area contributed by atoms with Gasteiger partial charge < -0.3 is 4.90 Å². The van der Waals surface area contributed by atoms with Crippen molar-refractivity contribution in [2.45, 2.75) is 13.3 Å². The van der Waals surface area contributed by atoms with Crippen molar-refractivity contribution in [1.82, 2.24) is 9.80 Å². The Morgan fingerprint density at radius 3 is 2.28 bits per heavy atom. The summed E-state index contributed by atoms with van der Waals surface area (Å²) >= 11 is 0. The molecule has 18 heavy (non-hydrogen) atoms. The molecule has 0 aliphatic carbocycles. The summed E-state index contributed by atoms with van der Waals surface area (Å²) in [7, 11) is 0. The standard InChI is InChI=1S/C16H24N2/c1-15(2)14-18-12-10-17(11-13-18)9-8-16-6-4-3-5-7-16/h3-7H,1,8-14H2,2H3. The Morgan fingerprint density at radius 1 is 1.06 bits per heavy atom. The number of rotatable bonds is 5. The van der Waals surface area contributed by atoms with Crippen molar-refractivity contribution in [3.05, 3.63) is 48.0 Å². The van der Waals surface area contributed by atoms with Gasteiger partial charge in [-0.05, 0) is 18.9 Å². The fraction of sp³-hybridized carbons (Fsp3) is 0.500. The van der Waals surface area contributed by atoms with Gasteiger partial charge in [0.15, 0.2) is 0 Å². The maximum atomic E-state index is 3.99. The molecule has 0 amide bonds. The van der Waals surface area contributed by atoms with E-state index in [2.05, 4.69) is 53.6 Å². The maximum Gasteiger partial charge on any atom is 0.0188 e. The minimum atomic E-state index is 1.06. The number of benzene rings is 1. The van der Waals surface area contributed by atoms with Gasteiger partial charge in [0, 0.05) is 39.3 Å². The highest BCUT2D eigenvalue weighted by atomic mass is 15.3. The summed E-state index contributed by atoms with van der Waals surface area (Å²) < 4.78 is 0. The van der Waals surface area contributed by atoms with Gasteiger partial charge in [-0.3, -0.25) is 4.90 Å². The van der Waals surface area contributed by atoms with Crippen LogP contribution in [0.3, 0.4) is 0 Å². The van der Waals surface area contributed by atoms with Gasteiger partial charge in [0.05, 0.1) is 0 Å². The molecule has 1 heterocycles. The van der Waals surface area contributed by atoms with Crippen molar-refractivity contribution in [2.75, 3.05) is 39.3 Å². The Labute approximate surface area is 111 Å². The molecule has 1 aromatic rings. The third-order valence-corrected chi connectivity index (χ3v) is 3.52. The lowest BCUT2D eigenvalue weighted by atomic mass is 10.1. The van der Waals surface area contributed by atoms with E-state index in [1.807, 2.05) is 0 Å². The first kappa shape index (κ1) is 13.3. The molecule has 0 aromatic heterocycles. The van der Waals surface area contributed by atoms with E-state index in [-0.39, 0.29) is 0 Å². The lowest BCUT2D eigenvalue weighted by molar-refractivity contribution is 0.141. The predicted octanol–water partition coefficient (Wildman–Crippen LogP) is 2.42. The van der Waals surface area contributed by atoms with Gasteiger partial charge in [0.1, 0.15) is 0 Å². The van der Waals surface area contributed by atoms with Gasteiger partial charge in [-0.2, -0.15) is 0 Å². The molecule has 0 saturated carbocycles. The van der Waals surface area contributed by atoms with Crippen LogP contribution < -0.4 is 0 Å². The van der Waals surface area contributed by atoms with Gasteiger partial charge in [-0.25, -0.2) is 0 Å². The highest BCUT2D eigenvalue weighted by Crippen LogP contribution is 2.06. The van der Waals surface area contributed by atoms with Crippen molar-refractivity contribution in [2.24, 2.45) is 0 Å². The average Bonchev–Trinajstić information content (AvgIpc) is 2.38. The molecule has 0 bridgehead atoms. The van der Waals surface area contributed by atoms with Gasteiger partial charge in [-0.15, -0.1) is 0 Å². The first-order valence-electron chi connectivity index (χ1n) is 6.87. The van der Waals surface area contributed by atoms with Crippen LogP contribution >= 0.6 is 0 Å². The van der Waals surface area contributed by atoms with E-state index in [4.69, 9.17) is 0 Å². The lowest BCUT2D eigenvalue weighted by Crippen LogP contribution is -2.47. The summed E-state index contributed by atoms with van der Waals surface area (Å²) in [4.78, 5) is 5.07. The van der Waals surface area contributed by atoms with E-state index in [0.29, 0.717) is 0 Å². The topological polar surface area (TPSA) is 6.48 Å². The van der Waals surface area contributed by atoms with Crippen molar-refractivity contribution in [3.8, 4) is 0 Å². The van der Waals surface area contributed by atoms with E-state index in [0.717, 1.165) is 6.54 Å². The van der Waals surface area contributed by atoms with Gasteiger partial charge >= 0.3 is 0 Å². The zero-order valence-electron chi connectivity index (χ0n) is 11.4. The highest BCUT2D eigenvalue weighted by molar-refractivity contribution is 5.14. The average molecular weight is 244 g/mol. The summed E-state index contributed by atoms with van der Waals surface area (Å²) in [5.74, 6) is 0. The summed E-state index contributed by atoms with van der Waals surface area (Å²) in [5.41, 5.74) is 2.72. The van der Waals surface area contributed by atoms with Crippen LogP contribution in [0.4, 0.5) is 0 Å². The predicted molar refractivity (Wildman–Crippen MR) is 77.8 cm³/mol. The molecule has 2 rings (SSSR count). The van der Waals surface area contributed by atoms with E-state index in [1.54, 1.807) is 0 Å². The van der Waals surface area contributed by atoms with Crippen LogP contribution in [0.25, 0.3) is 0 Å². The quantitative estimate of drug-likeness (QED) is 0.734. The lowest BCUT2D eigenvalue weighted by Gasteiger charge is -2.34. The van der Waals surface area contributed by atoms with Gasteiger partial charge in [-0.1, -0.05) is 42.5 Å². The fourth-order valence-electron chi connectivity index (χ4n) is 2.48. The van der Waals surface area contributed by atoms with Crippen LogP contribution in [0.2, 0.25) is 0 Å². The zero-order valence-corrected chi connectivity index (χ0v) is 11.4. The summed E-state index contributed by atoms with van der Waals surface area (Å²) in [5, 5.41) is 0. The normalized spacial score (nSPS) is 17.8. The minimum absolute atomic E-state index is 1.06. The second-order valence-corrected chi connectivity index (χ2v) is 5.31. The molecule has 2 nitrogen and oxygen atoms in total. The van der Waals surface area contributed by atoms with Crippen LogP contribution in [0.1, 0.15) is 12.5 Å². The molecule has 1 saturated heterocycles. The molecular formula is C16H24N2. The molecule has 0 unspecified atom stereocenters. The van der Waals surface area contributed by atoms with E-state index < -0.39 is 0 Å².